The molecule has 0 bridgehead atoms. The van der Waals surface area contributed by atoms with Crippen LogP contribution in [0.5, 0.6) is 0 Å². The lowest BCUT2D eigenvalue weighted by molar-refractivity contribution is 0.433. The van der Waals surface area contributed by atoms with E-state index >= 15 is 0 Å². The van der Waals surface area contributed by atoms with Gasteiger partial charge in [-0.3, -0.25) is 0 Å². The molecule has 2 rings (SSSR count). The molecule has 0 aliphatic heterocycles. The third kappa shape index (κ3) is 3.31. The summed E-state index contributed by atoms with van der Waals surface area (Å²) in [6, 6.07) is 5.76. The van der Waals surface area contributed by atoms with E-state index in [4.69, 9.17) is 5.73 Å². The average molecular weight is 315 g/mol. The average Bonchev–Trinajstić information content (AvgIpc) is 2.75. The summed E-state index contributed by atoms with van der Waals surface area (Å²) in [5, 5.41) is 3.59. The second-order valence-corrected chi connectivity index (χ2v) is 6.10. The van der Waals surface area contributed by atoms with Gasteiger partial charge in [0, 0.05) is 18.6 Å². The number of nitrogens with two attached hydrogens (primary N) is 1. The minimum absolute atomic E-state index is 0.109. The zero-order chi connectivity index (χ0) is 13.1. The van der Waals surface area contributed by atoms with Crippen molar-refractivity contribution >= 4 is 15.9 Å². The van der Waals surface area contributed by atoms with E-state index in [0.29, 0.717) is 17.1 Å². The van der Waals surface area contributed by atoms with Crippen molar-refractivity contribution in [2.24, 2.45) is 11.7 Å². The maximum absolute atomic E-state index is 13.2. The van der Waals surface area contributed by atoms with Crippen LogP contribution in [0.4, 0.5) is 4.39 Å². The number of hydrogen-bond donors (Lipinski definition) is 2. The van der Waals surface area contributed by atoms with Crippen LogP contribution in [-0.4, -0.2) is 12.6 Å². The van der Waals surface area contributed by atoms with Crippen LogP contribution in [0, 0.1) is 11.7 Å². The maximum Gasteiger partial charge on any atom is 0.137 e. The highest BCUT2D eigenvalue weighted by Crippen LogP contribution is 2.27. The van der Waals surface area contributed by atoms with Crippen LogP contribution in [0.15, 0.2) is 22.7 Å². The molecule has 18 heavy (non-hydrogen) atoms. The lowest BCUT2D eigenvalue weighted by Crippen LogP contribution is -2.35. The summed E-state index contributed by atoms with van der Waals surface area (Å²) >= 11 is 3.22. The molecule has 1 aromatic rings. The van der Waals surface area contributed by atoms with Gasteiger partial charge in [0.1, 0.15) is 5.82 Å². The van der Waals surface area contributed by atoms with E-state index in [1.807, 2.05) is 12.1 Å². The third-order valence-electron chi connectivity index (χ3n) is 3.71. The largest absolute Gasteiger partial charge is 0.329 e. The Morgan fingerprint density at radius 1 is 1.50 bits per heavy atom. The van der Waals surface area contributed by atoms with Gasteiger partial charge in [0.05, 0.1) is 4.47 Å². The Morgan fingerprint density at radius 2 is 2.28 bits per heavy atom. The van der Waals surface area contributed by atoms with Crippen LogP contribution in [-0.2, 0) is 0 Å². The molecule has 100 valence electrons. The molecule has 0 amide bonds. The Bertz CT molecular complexity index is 411. The van der Waals surface area contributed by atoms with Crippen LogP contribution in [0.25, 0.3) is 0 Å². The Hall–Kier alpha value is -0.450. The highest BCUT2D eigenvalue weighted by molar-refractivity contribution is 9.10. The SMILES string of the molecule is CC1CCC(NC(CN)c2ccc(F)c(Br)c2)C1. The van der Waals surface area contributed by atoms with Gasteiger partial charge in [-0.1, -0.05) is 13.0 Å². The van der Waals surface area contributed by atoms with Crippen LogP contribution < -0.4 is 11.1 Å². The van der Waals surface area contributed by atoms with Crippen LogP contribution >= 0.6 is 15.9 Å². The van der Waals surface area contributed by atoms with Crippen molar-refractivity contribution in [2.75, 3.05) is 6.54 Å². The number of benzene rings is 1. The summed E-state index contributed by atoms with van der Waals surface area (Å²) in [7, 11) is 0. The molecule has 1 aliphatic rings. The summed E-state index contributed by atoms with van der Waals surface area (Å²) in [6.45, 7) is 2.82. The zero-order valence-corrected chi connectivity index (χ0v) is 12.2. The summed E-state index contributed by atoms with van der Waals surface area (Å²) < 4.78 is 13.7. The summed E-state index contributed by atoms with van der Waals surface area (Å²) in [6.07, 6.45) is 3.70. The Labute approximate surface area is 116 Å². The number of rotatable bonds is 4. The molecule has 3 unspecified atom stereocenters. The molecule has 0 radical (unpaired) electrons. The van der Waals surface area contributed by atoms with Crippen molar-refractivity contribution in [3.05, 3.63) is 34.1 Å². The predicted octanol–water partition coefficient (Wildman–Crippen LogP) is 3.37. The molecule has 3 atom stereocenters. The van der Waals surface area contributed by atoms with Crippen LogP contribution in [0.2, 0.25) is 0 Å². The number of nitrogens with one attached hydrogen (secondary N) is 1. The molecule has 2 nitrogen and oxygen atoms in total. The van der Waals surface area contributed by atoms with Crippen LogP contribution in [0.3, 0.4) is 0 Å². The van der Waals surface area contributed by atoms with Crippen molar-refractivity contribution in [3.63, 3.8) is 0 Å². The van der Waals surface area contributed by atoms with Gasteiger partial charge in [-0.15, -0.1) is 0 Å². The topological polar surface area (TPSA) is 38.0 Å². The Kier molecular flexibility index (Phi) is 4.76. The Balaban J connectivity index is 2.05. The highest BCUT2D eigenvalue weighted by Gasteiger charge is 2.24. The standard InChI is InChI=1S/C14H20BrFN2/c1-9-2-4-11(6-9)18-14(8-17)10-3-5-13(16)12(15)7-10/h3,5,7,9,11,14,18H,2,4,6,8,17H2,1H3. The Morgan fingerprint density at radius 3 is 2.83 bits per heavy atom. The normalized spacial score (nSPS) is 25.3. The van der Waals surface area contributed by atoms with E-state index in [-0.39, 0.29) is 11.9 Å². The summed E-state index contributed by atoms with van der Waals surface area (Å²) in [5.41, 5.74) is 6.88. The van der Waals surface area contributed by atoms with E-state index in [2.05, 4.69) is 28.2 Å². The fourth-order valence-electron chi connectivity index (χ4n) is 2.67. The van der Waals surface area contributed by atoms with Gasteiger partial charge in [-0.05, 0) is 58.8 Å². The molecule has 1 aromatic carbocycles. The molecule has 3 N–H and O–H groups in total. The van der Waals surface area contributed by atoms with Gasteiger partial charge >= 0.3 is 0 Å². The second kappa shape index (κ2) is 6.13. The molecule has 1 saturated carbocycles. The van der Waals surface area contributed by atoms with Gasteiger partial charge in [-0.25, -0.2) is 4.39 Å². The van der Waals surface area contributed by atoms with Gasteiger partial charge in [0.25, 0.3) is 0 Å². The highest BCUT2D eigenvalue weighted by atomic mass is 79.9. The first-order valence-electron chi connectivity index (χ1n) is 6.51. The predicted molar refractivity (Wildman–Crippen MR) is 75.8 cm³/mol. The lowest BCUT2D eigenvalue weighted by atomic mass is 10.0. The van der Waals surface area contributed by atoms with E-state index in [0.717, 1.165) is 11.5 Å². The lowest BCUT2D eigenvalue weighted by Gasteiger charge is -2.22. The van der Waals surface area contributed by atoms with E-state index in [1.165, 1.54) is 25.3 Å². The molecule has 0 spiro atoms. The molecule has 4 heteroatoms. The molecule has 1 fully saturated rings. The van der Waals surface area contributed by atoms with Crippen molar-refractivity contribution in [1.29, 1.82) is 0 Å². The zero-order valence-electron chi connectivity index (χ0n) is 10.6. The monoisotopic (exact) mass is 314 g/mol. The van der Waals surface area contributed by atoms with E-state index in [1.54, 1.807) is 0 Å². The third-order valence-corrected chi connectivity index (χ3v) is 4.32. The molecule has 0 aromatic heterocycles. The second-order valence-electron chi connectivity index (χ2n) is 5.24. The first kappa shape index (κ1) is 14.0. The van der Waals surface area contributed by atoms with Gasteiger partial charge in [-0.2, -0.15) is 0 Å². The van der Waals surface area contributed by atoms with Crippen molar-refractivity contribution in [1.82, 2.24) is 5.32 Å². The molecular formula is C14H20BrFN2. The summed E-state index contributed by atoms with van der Waals surface area (Å²) in [5.74, 6) is 0.560. The maximum atomic E-state index is 13.2. The van der Waals surface area contributed by atoms with Gasteiger partial charge < -0.3 is 11.1 Å². The first-order valence-corrected chi connectivity index (χ1v) is 7.30. The molecular weight excluding hydrogens is 295 g/mol. The minimum atomic E-state index is -0.232. The molecule has 0 saturated heterocycles. The van der Waals surface area contributed by atoms with Crippen molar-refractivity contribution in [2.45, 2.75) is 38.3 Å². The smallest absolute Gasteiger partial charge is 0.137 e. The minimum Gasteiger partial charge on any atom is -0.329 e. The van der Waals surface area contributed by atoms with Gasteiger partial charge in [0.15, 0.2) is 0 Å². The fourth-order valence-corrected chi connectivity index (χ4v) is 3.07. The van der Waals surface area contributed by atoms with E-state index in [9.17, 15) is 4.39 Å². The fraction of sp³-hybridized carbons (Fsp3) is 0.571. The quantitative estimate of drug-likeness (QED) is 0.894. The molecule has 1 aliphatic carbocycles. The first-order chi connectivity index (χ1) is 8.60. The summed E-state index contributed by atoms with van der Waals surface area (Å²) in [4.78, 5) is 0. The van der Waals surface area contributed by atoms with Crippen LogP contribution in [0.1, 0.15) is 37.8 Å². The molecule has 0 heterocycles. The number of halogens is 2. The van der Waals surface area contributed by atoms with Crippen molar-refractivity contribution in [3.8, 4) is 0 Å². The number of hydrogen-bond acceptors (Lipinski definition) is 2. The van der Waals surface area contributed by atoms with Gasteiger partial charge in [0.2, 0.25) is 0 Å². The van der Waals surface area contributed by atoms with Crippen molar-refractivity contribution < 1.29 is 4.39 Å². The van der Waals surface area contributed by atoms with E-state index < -0.39 is 0 Å².